The second kappa shape index (κ2) is 8.59. The van der Waals surface area contributed by atoms with Gasteiger partial charge in [-0.05, 0) is 81.5 Å². The second-order valence-electron chi connectivity index (χ2n) is 8.57. The number of anilines is 1. The highest BCUT2D eigenvalue weighted by atomic mass is 32.2. The molecule has 5 rings (SSSR count). The average molecular weight is 447 g/mol. The monoisotopic (exact) mass is 446 g/mol. The number of nitrogens with one attached hydrogen (secondary N) is 1. The summed E-state index contributed by atoms with van der Waals surface area (Å²) in [6.45, 7) is 4.25. The van der Waals surface area contributed by atoms with Gasteiger partial charge in [0, 0.05) is 18.3 Å². The van der Waals surface area contributed by atoms with E-state index in [1.807, 2.05) is 13.8 Å². The van der Waals surface area contributed by atoms with Gasteiger partial charge in [0.25, 0.3) is 0 Å². The molecule has 3 atom stereocenters. The summed E-state index contributed by atoms with van der Waals surface area (Å²) in [5.41, 5.74) is 0.641. The van der Waals surface area contributed by atoms with Crippen LogP contribution in [0.1, 0.15) is 33.1 Å². The Kier molecular flexibility index (Phi) is 6.03. The maximum Gasteiger partial charge on any atom is 0.243 e. The number of halogens is 1. The Morgan fingerprint density at radius 3 is 2.55 bits per heavy atom. The molecule has 0 unspecified atom stereocenters. The van der Waals surface area contributed by atoms with Gasteiger partial charge in [-0.15, -0.1) is 0 Å². The summed E-state index contributed by atoms with van der Waals surface area (Å²) in [4.78, 5) is 13.0. The van der Waals surface area contributed by atoms with Gasteiger partial charge in [0.1, 0.15) is 11.6 Å². The largest absolute Gasteiger partial charge is 0.491 e. The summed E-state index contributed by atoms with van der Waals surface area (Å²) >= 11 is 0. The van der Waals surface area contributed by atoms with Crippen molar-refractivity contribution in [2.75, 3.05) is 11.9 Å². The van der Waals surface area contributed by atoms with E-state index < -0.39 is 27.8 Å². The van der Waals surface area contributed by atoms with Gasteiger partial charge in [-0.1, -0.05) is 6.07 Å². The van der Waals surface area contributed by atoms with Gasteiger partial charge in [0.15, 0.2) is 0 Å². The first-order chi connectivity index (χ1) is 14.7. The Morgan fingerprint density at radius 1 is 1.16 bits per heavy atom. The normalized spacial score (nSPS) is 23.7. The van der Waals surface area contributed by atoms with Crippen LogP contribution < -0.4 is 10.1 Å². The highest BCUT2D eigenvalue weighted by Gasteiger charge is 2.48. The molecule has 0 radical (unpaired) electrons. The number of benzene rings is 2. The van der Waals surface area contributed by atoms with Crippen molar-refractivity contribution < 1.29 is 22.3 Å². The third kappa shape index (κ3) is 4.60. The number of fused-ring (bicyclic) bond motifs is 3. The van der Waals surface area contributed by atoms with E-state index in [0.717, 1.165) is 18.2 Å². The summed E-state index contributed by atoms with van der Waals surface area (Å²) in [6.07, 6.45) is 2.23. The highest BCUT2D eigenvalue weighted by Crippen LogP contribution is 2.42. The maximum atomic E-state index is 13.6. The lowest BCUT2D eigenvalue weighted by Gasteiger charge is -2.48. The number of ether oxygens (including phenoxy) is 1. The first-order valence-electron chi connectivity index (χ1n) is 10.6. The van der Waals surface area contributed by atoms with Crippen molar-refractivity contribution in [3.63, 3.8) is 0 Å². The number of amides is 1. The van der Waals surface area contributed by atoms with Gasteiger partial charge >= 0.3 is 0 Å². The fourth-order valence-corrected chi connectivity index (χ4v) is 6.39. The molecule has 2 saturated heterocycles. The van der Waals surface area contributed by atoms with Crippen molar-refractivity contribution >= 4 is 21.6 Å². The first-order valence-corrected chi connectivity index (χ1v) is 12.0. The fourth-order valence-electron chi connectivity index (χ4n) is 4.59. The quantitative estimate of drug-likeness (QED) is 0.727. The maximum absolute atomic E-state index is 13.6. The van der Waals surface area contributed by atoms with Gasteiger partial charge in [-0.25, -0.2) is 12.8 Å². The lowest BCUT2D eigenvalue weighted by atomic mass is 9.73. The molecule has 2 aliphatic heterocycles. The van der Waals surface area contributed by atoms with Gasteiger partial charge in [-0.2, -0.15) is 4.31 Å². The summed E-state index contributed by atoms with van der Waals surface area (Å²) in [5.74, 6) is -0.390. The zero-order valence-corrected chi connectivity index (χ0v) is 18.4. The van der Waals surface area contributed by atoms with Crippen LogP contribution in [-0.4, -0.2) is 37.3 Å². The topological polar surface area (TPSA) is 75.7 Å². The van der Waals surface area contributed by atoms with Crippen LogP contribution in [0, 0.1) is 17.7 Å². The molecule has 166 valence electrons. The predicted octanol–water partition coefficient (Wildman–Crippen LogP) is 4.04. The van der Waals surface area contributed by atoms with Crippen molar-refractivity contribution in [2.24, 2.45) is 11.8 Å². The lowest BCUT2D eigenvalue weighted by molar-refractivity contribution is -0.125. The van der Waals surface area contributed by atoms with Crippen LogP contribution in [0.5, 0.6) is 5.75 Å². The third-order valence-corrected chi connectivity index (χ3v) is 7.85. The van der Waals surface area contributed by atoms with Crippen LogP contribution in [0.25, 0.3) is 0 Å². The van der Waals surface area contributed by atoms with E-state index in [1.54, 1.807) is 24.3 Å². The number of hydrogen-bond acceptors (Lipinski definition) is 4. The number of piperidine rings is 2. The van der Waals surface area contributed by atoms with Crippen LogP contribution >= 0.6 is 0 Å². The molecular formula is C23H27FN2O4S. The molecule has 0 aromatic heterocycles. The molecule has 3 fully saturated rings. The Hall–Kier alpha value is -2.45. The van der Waals surface area contributed by atoms with Gasteiger partial charge < -0.3 is 10.1 Å². The van der Waals surface area contributed by atoms with E-state index in [9.17, 15) is 17.6 Å². The molecule has 2 aromatic rings. The van der Waals surface area contributed by atoms with Crippen molar-refractivity contribution in [3.05, 3.63) is 54.3 Å². The molecule has 3 aliphatic rings. The molecule has 2 heterocycles. The number of sulfonamides is 1. The summed E-state index contributed by atoms with van der Waals surface area (Å²) in [5, 5.41) is 2.92. The Morgan fingerprint density at radius 2 is 1.90 bits per heavy atom. The molecule has 1 aliphatic carbocycles. The van der Waals surface area contributed by atoms with Crippen molar-refractivity contribution in [2.45, 2.75) is 50.2 Å². The molecule has 31 heavy (non-hydrogen) atoms. The average Bonchev–Trinajstić information content (AvgIpc) is 2.75. The van der Waals surface area contributed by atoms with E-state index >= 15 is 0 Å². The van der Waals surface area contributed by atoms with E-state index in [2.05, 4.69) is 5.32 Å². The Balaban J connectivity index is 1.51. The molecule has 1 N–H and O–H groups in total. The van der Waals surface area contributed by atoms with Crippen molar-refractivity contribution in [1.29, 1.82) is 0 Å². The number of carbonyl (C=O) groups excluding carboxylic acids is 1. The van der Waals surface area contributed by atoms with Crippen LogP contribution in [0.3, 0.4) is 0 Å². The summed E-state index contributed by atoms with van der Waals surface area (Å²) in [6, 6.07) is 11.8. The molecule has 0 spiro atoms. The first kappa shape index (κ1) is 21.8. The number of rotatable bonds is 6. The molecule has 1 saturated carbocycles. The zero-order valence-electron chi connectivity index (χ0n) is 17.6. The molecule has 6 nitrogen and oxygen atoms in total. The zero-order chi connectivity index (χ0) is 22.2. The van der Waals surface area contributed by atoms with Crippen LogP contribution in [-0.2, 0) is 14.8 Å². The van der Waals surface area contributed by atoms with Gasteiger partial charge in [-0.3, -0.25) is 4.79 Å². The second-order valence-corrected chi connectivity index (χ2v) is 10.5. The summed E-state index contributed by atoms with van der Waals surface area (Å²) < 4.78 is 47.1. The van der Waals surface area contributed by atoms with Gasteiger partial charge in [0.2, 0.25) is 15.9 Å². The van der Waals surface area contributed by atoms with Crippen LogP contribution in [0.2, 0.25) is 0 Å². The van der Waals surface area contributed by atoms with Crippen LogP contribution in [0.15, 0.2) is 53.4 Å². The predicted molar refractivity (Wildman–Crippen MR) is 116 cm³/mol. The number of carbonyl (C=O) groups is 1. The Labute approximate surface area is 182 Å². The van der Waals surface area contributed by atoms with E-state index in [1.165, 1.54) is 22.5 Å². The third-order valence-electron chi connectivity index (χ3n) is 5.96. The SMILES string of the molecule is CC(C)Oc1ccc(NC(=O)[C@@H]2C[C@@H]3CC[C@@H]2N(S(=O)(=O)c2cccc(F)c2)C3)cc1. The molecular weight excluding hydrogens is 419 g/mol. The lowest BCUT2D eigenvalue weighted by Crippen LogP contribution is -2.57. The van der Waals surface area contributed by atoms with Crippen LogP contribution in [0.4, 0.5) is 10.1 Å². The Bertz CT molecular complexity index is 1060. The van der Waals surface area contributed by atoms with E-state index in [0.29, 0.717) is 25.1 Å². The number of hydrogen-bond donors (Lipinski definition) is 1. The molecule has 2 bridgehead atoms. The standard InChI is InChI=1S/C23H27FN2O4S/c1-15(2)30-19-9-7-18(8-10-19)25-23(27)21-12-16-6-11-22(21)26(14-16)31(28,29)20-5-3-4-17(24)13-20/h3-5,7-10,13,15-16,21-22H,6,11-12,14H2,1-2H3,(H,25,27)/t16-,21+,22-/m0/s1. The molecule has 2 aromatic carbocycles. The van der Waals surface area contributed by atoms with Crippen molar-refractivity contribution in [3.8, 4) is 5.75 Å². The fraction of sp³-hybridized carbons (Fsp3) is 0.435. The smallest absolute Gasteiger partial charge is 0.243 e. The van der Waals surface area contributed by atoms with Gasteiger partial charge in [0.05, 0.1) is 16.9 Å². The molecule has 8 heteroatoms. The van der Waals surface area contributed by atoms with Crippen molar-refractivity contribution in [1.82, 2.24) is 4.31 Å². The number of nitrogens with zero attached hydrogens (tertiary/aromatic N) is 1. The minimum absolute atomic E-state index is 0.0595. The summed E-state index contributed by atoms with van der Waals surface area (Å²) in [7, 11) is -3.88. The highest BCUT2D eigenvalue weighted by molar-refractivity contribution is 7.89. The van der Waals surface area contributed by atoms with E-state index in [-0.39, 0.29) is 22.8 Å². The minimum Gasteiger partial charge on any atom is -0.491 e. The minimum atomic E-state index is -3.88. The van der Waals surface area contributed by atoms with E-state index in [4.69, 9.17) is 4.74 Å². The molecule has 1 amide bonds.